The first-order valence-corrected chi connectivity index (χ1v) is 8.95. The van der Waals surface area contributed by atoms with Crippen molar-refractivity contribution in [2.45, 2.75) is 32.0 Å². The zero-order valence-electron chi connectivity index (χ0n) is 14.8. The number of carbonyl (C=O) groups is 1. The summed E-state index contributed by atoms with van der Waals surface area (Å²) in [6, 6.07) is 11.3. The first kappa shape index (κ1) is 16.7. The van der Waals surface area contributed by atoms with Gasteiger partial charge in [0.15, 0.2) is 11.5 Å². The van der Waals surface area contributed by atoms with Crippen LogP contribution in [-0.4, -0.2) is 47.7 Å². The SMILES string of the molecule is Cc1ccc(OC2CCN(C(=O)C3COc4ccccc4O3)CC2)cn1. The number of benzene rings is 1. The van der Waals surface area contributed by atoms with Crippen molar-refractivity contribution in [1.29, 1.82) is 0 Å². The van der Waals surface area contributed by atoms with Gasteiger partial charge in [-0.25, -0.2) is 0 Å². The summed E-state index contributed by atoms with van der Waals surface area (Å²) in [6.07, 6.45) is 2.86. The molecule has 1 fully saturated rings. The third-order valence-electron chi connectivity index (χ3n) is 4.72. The fourth-order valence-corrected chi connectivity index (χ4v) is 3.26. The number of amides is 1. The van der Waals surface area contributed by atoms with Gasteiger partial charge < -0.3 is 19.1 Å². The van der Waals surface area contributed by atoms with Crippen LogP contribution in [0, 0.1) is 6.92 Å². The highest BCUT2D eigenvalue weighted by atomic mass is 16.6. The molecule has 0 N–H and O–H groups in total. The standard InChI is InChI=1S/C20H22N2O4/c1-14-6-7-16(12-21-14)25-15-8-10-22(11-9-15)20(23)19-13-24-17-4-2-3-5-18(17)26-19/h2-7,12,15,19H,8-11,13H2,1H3. The number of nitrogens with zero attached hydrogens (tertiary/aromatic N) is 2. The van der Waals surface area contributed by atoms with Crippen molar-refractivity contribution in [3.63, 3.8) is 0 Å². The molecule has 0 aliphatic carbocycles. The molecule has 136 valence electrons. The van der Waals surface area contributed by atoms with E-state index in [1.807, 2.05) is 48.2 Å². The Balaban J connectivity index is 1.30. The monoisotopic (exact) mass is 354 g/mol. The molecule has 1 amide bonds. The quantitative estimate of drug-likeness (QED) is 0.848. The van der Waals surface area contributed by atoms with Gasteiger partial charge in [0.25, 0.3) is 5.91 Å². The highest BCUT2D eigenvalue weighted by molar-refractivity contribution is 5.82. The lowest BCUT2D eigenvalue weighted by Crippen LogP contribution is -2.50. The van der Waals surface area contributed by atoms with Crippen LogP contribution in [0.5, 0.6) is 17.2 Å². The minimum absolute atomic E-state index is 0.0186. The molecule has 2 aliphatic heterocycles. The Kier molecular flexibility index (Phi) is 4.65. The molecular weight excluding hydrogens is 332 g/mol. The smallest absolute Gasteiger partial charge is 0.267 e. The lowest BCUT2D eigenvalue weighted by molar-refractivity contribution is -0.143. The number of rotatable bonds is 3. The molecule has 2 aliphatic rings. The van der Waals surface area contributed by atoms with Gasteiger partial charge in [-0.05, 0) is 31.2 Å². The predicted molar refractivity (Wildman–Crippen MR) is 95.6 cm³/mol. The Morgan fingerprint density at radius 2 is 1.92 bits per heavy atom. The Morgan fingerprint density at radius 3 is 2.65 bits per heavy atom. The first-order valence-electron chi connectivity index (χ1n) is 8.95. The van der Waals surface area contributed by atoms with Crippen LogP contribution in [0.3, 0.4) is 0 Å². The maximum Gasteiger partial charge on any atom is 0.267 e. The van der Waals surface area contributed by atoms with Gasteiger partial charge in [-0.3, -0.25) is 9.78 Å². The topological polar surface area (TPSA) is 60.9 Å². The van der Waals surface area contributed by atoms with Crippen molar-refractivity contribution in [2.75, 3.05) is 19.7 Å². The zero-order valence-corrected chi connectivity index (χ0v) is 14.8. The van der Waals surface area contributed by atoms with Crippen molar-refractivity contribution in [3.8, 4) is 17.2 Å². The van der Waals surface area contributed by atoms with Gasteiger partial charge in [0, 0.05) is 31.6 Å². The van der Waals surface area contributed by atoms with Gasteiger partial charge in [-0.1, -0.05) is 12.1 Å². The van der Waals surface area contributed by atoms with Crippen molar-refractivity contribution >= 4 is 5.91 Å². The van der Waals surface area contributed by atoms with Crippen molar-refractivity contribution in [1.82, 2.24) is 9.88 Å². The van der Waals surface area contributed by atoms with Gasteiger partial charge in [-0.15, -0.1) is 0 Å². The van der Waals surface area contributed by atoms with Gasteiger partial charge in [0.2, 0.25) is 6.10 Å². The molecule has 0 spiro atoms. The molecule has 1 atom stereocenters. The van der Waals surface area contributed by atoms with Crippen LogP contribution in [-0.2, 0) is 4.79 Å². The molecule has 6 nitrogen and oxygen atoms in total. The number of fused-ring (bicyclic) bond motifs is 1. The molecule has 1 aromatic carbocycles. The lowest BCUT2D eigenvalue weighted by atomic mass is 10.1. The molecule has 1 unspecified atom stereocenters. The maximum atomic E-state index is 12.7. The summed E-state index contributed by atoms with van der Waals surface area (Å²) in [5, 5.41) is 0. The van der Waals surface area contributed by atoms with Gasteiger partial charge in [0.1, 0.15) is 18.5 Å². The highest BCUT2D eigenvalue weighted by Crippen LogP contribution is 2.31. The second-order valence-electron chi connectivity index (χ2n) is 6.64. The van der Waals surface area contributed by atoms with E-state index < -0.39 is 6.10 Å². The van der Waals surface area contributed by atoms with E-state index in [0.717, 1.165) is 24.3 Å². The number of hydrogen-bond acceptors (Lipinski definition) is 5. The van der Waals surface area contributed by atoms with Crippen LogP contribution in [0.25, 0.3) is 0 Å². The third kappa shape index (κ3) is 3.59. The number of para-hydroxylation sites is 2. The van der Waals surface area contributed by atoms with E-state index in [1.54, 1.807) is 6.20 Å². The summed E-state index contributed by atoms with van der Waals surface area (Å²) >= 11 is 0. The van der Waals surface area contributed by atoms with Crippen LogP contribution in [0.1, 0.15) is 18.5 Å². The Morgan fingerprint density at radius 1 is 1.15 bits per heavy atom. The summed E-state index contributed by atoms with van der Waals surface area (Å²) in [6.45, 7) is 3.51. The summed E-state index contributed by atoms with van der Waals surface area (Å²) in [7, 11) is 0. The average molecular weight is 354 g/mol. The Hall–Kier alpha value is -2.76. The van der Waals surface area contributed by atoms with Crippen molar-refractivity contribution < 1.29 is 19.0 Å². The molecule has 0 radical (unpaired) electrons. The third-order valence-corrected chi connectivity index (χ3v) is 4.72. The average Bonchev–Trinajstić information content (AvgIpc) is 2.69. The number of aryl methyl sites for hydroxylation is 1. The number of likely N-dealkylation sites (tertiary alicyclic amines) is 1. The first-order chi connectivity index (χ1) is 12.7. The second-order valence-corrected chi connectivity index (χ2v) is 6.64. The molecule has 3 heterocycles. The lowest BCUT2D eigenvalue weighted by Gasteiger charge is -2.35. The van der Waals surface area contributed by atoms with Crippen LogP contribution in [0.2, 0.25) is 0 Å². The number of ether oxygens (including phenoxy) is 3. The van der Waals surface area contributed by atoms with Crippen LogP contribution >= 0.6 is 0 Å². The fourth-order valence-electron chi connectivity index (χ4n) is 3.26. The van der Waals surface area contributed by atoms with Crippen LogP contribution in [0.4, 0.5) is 0 Å². The molecule has 0 bridgehead atoms. The largest absolute Gasteiger partial charge is 0.489 e. The molecule has 4 rings (SSSR count). The van der Waals surface area contributed by atoms with Gasteiger partial charge in [0.05, 0.1) is 6.20 Å². The maximum absolute atomic E-state index is 12.7. The second kappa shape index (κ2) is 7.23. The molecule has 1 saturated heterocycles. The number of hydrogen-bond donors (Lipinski definition) is 0. The van der Waals surface area contributed by atoms with E-state index in [-0.39, 0.29) is 18.6 Å². The predicted octanol–water partition coefficient (Wildman–Crippen LogP) is 2.60. The minimum atomic E-state index is -0.580. The highest BCUT2D eigenvalue weighted by Gasteiger charge is 2.33. The van der Waals surface area contributed by atoms with Gasteiger partial charge in [-0.2, -0.15) is 0 Å². The van der Waals surface area contributed by atoms with Crippen LogP contribution in [0.15, 0.2) is 42.6 Å². The van der Waals surface area contributed by atoms with E-state index in [2.05, 4.69) is 4.98 Å². The van der Waals surface area contributed by atoms with E-state index in [4.69, 9.17) is 14.2 Å². The number of piperidine rings is 1. The molecular formula is C20H22N2O4. The summed E-state index contributed by atoms with van der Waals surface area (Å²) in [5.41, 5.74) is 0.967. The van der Waals surface area contributed by atoms with Gasteiger partial charge >= 0.3 is 0 Å². The van der Waals surface area contributed by atoms with E-state index in [9.17, 15) is 4.79 Å². The van der Waals surface area contributed by atoms with Crippen molar-refractivity contribution in [2.24, 2.45) is 0 Å². The number of pyridine rings is 1. The molecule has 26 heavy (non-hydrogen) atoms. The Bertz CT molecular complexity index is 770. The summed E-state index contributed by atoms with van der Waals surface area (Å²) < 4.78 is 17.5. The Labute approximate surface area is 152 Å². The normalized spacial score (nSPS) is 19.9. The molecule has 0 saturated carbocycles. The number of carbonyl (C=O) groups excluding carboxylic acids is 1. The number of aromatic nitrogens is 1. The van der Waals surface area contributed by atoms with E-state index >= 15 is 0 Å². The fraction of sp³-hybridized carbons (Fsp3) is 0.400. The van der Waals surface area contributed by atoms with Crippen LogP contribution < -0.4 is 14.2 Å². The minimum Gasteiger partial charge on any atom is -0.489 e. The van der Waals surface area contributed by atoms with E-state index in [0.29, 0.717) is 24.6 Å². The summed E-state index contributed by atoms with van der Waals surface area (Å²) in [4.78, 5) is 18.8. The molecule has 6 heteroatoms. The zero-order chi connectivity index (χ0) is 17.9. The molecule has 1 aromatic heterocycles. The van der Waals surface area contributed by atoms with Crippen molar-refractivity contribution in [3.05, 3.63) is 48.3 Å². The summed E-state index contributed by atoms with van der Waals surface area (Å²) in [5.74, 6) is 2.08. The molecule has 2 aromatic rings. The van der Waals surface area contributed by atoms with E-state index in [1.165, 1.54) is 0 Å².